The number of benzene rings is 1. The Labute approximate surface area is 127 Å². The van der Waals surface area contributed by atoms with Crippen LogP contribution in [0.2, 0.25) is 0 Å². The summed E-state index contributed by atoms with van der Waals surface area (Å²) in [7, 11) is 0. The predicted octanol–water partition coefficient (Wildman–Crippen LogP) is 3.88. The van der Waals surface area contributed by atoms with E-state index in [9.17, 15) is 4.79 Å². The monoisotopic (exact) mass is 334 g/mol. The molecule has 0 unspecified atom stereocenters. The average Bonchev–Trinajstić information content (AvgIpc) is 2.82. The highest BCUT2D eigenvalue weighted by Crippen LogP contribution is 2.28. The van der Waals surface area contributed by atoms with Crippen molar-refractivity contribution in [2.45, 2.75) is 32.6 Å². The number of hydrogen-bond acceptors (Lipinski definition) is 2. The molecule has 0 bridgehead atoms. The molecular formula is C16H19BrN2O. The van der Waals surface area contributed by atoms with Crippen LogP contribution in [0.4, 0.5) is 0 Å². The van der Waals surface area contributed by atoms with Crippen LogP contribution in [-0.4, -0.2) is 21.3 Å². The number of carbonyl (C=O) groups is 1. The number of aromatic nitrogens is 2. The third-order valence-corrected chi connectivity index (χ3v) is 3.74. The van der Waals surface area contributed by atoms with E-state index in [1.807, 2.05) is 18.2 Å². The van der Waals surface area contributed by atoms with Gasteiger partial charge in [-0.05, 0) is 5.56 Å². The van der Waals surface area contributed by atoms with Crippen LogP contribution in [0.1, 0.15) is 48.1 Å². The molecule has 0 saturated carbocycles. The van der Waals surface area contributed by atoms with E-state index in [4.69, 9.17) is 0 Å². The number of nitrogens with zero attached hydrogens (tertiary/aromatic N) is 1. The van der Waals surface area contributed by atoms with Crippen LogP contribution < -0.4 is 0 Å². The fourth-order valence-corrected chi connectivity index (χ4v) is 2.52. The molecule has 1 heterocycles. The standard InChI is InChI=1S/C16H19BrN2O/c1-16(2,3)15-12(9-11-7-5-4-6-8-11)14(18-19-15)13(20)10-17/h4-8H,9-10H2,1-3H3,(H,18,19). The van der Waals surface area contributed by atoms with Crippen molar-refractivity contribution < 1.29 is 4.79 Å². The highest BCUT2D eigenvalue weighted by Gasteiger charge is 2.26. The van der Waals surface area contributed by atoms with Gasteiger partial charge < -0.3 is 0 Å². The smallest absolute Gasteiger partial charge is 0.193 e. The summed E-state index contributed by atoms with van der Waals surface area (Å²) in [5, 5.41) is 7.60. The Hall–Kier alpha value is -1.42. The van der Waals surface area contributed by atoms with E-state index < -0.39 is 0 Å². The summed E-state index contributed by atoms with van der Waals surface area (Å²) in [4.78, 5) is 12.0. The Morgan fingerprint density at radius 1 is 1.25 bits per heavy atom. The van der Waals surface area contributed by atoms with Crippen molar-refractivity contribution in [3.8, 4) is 0 Å². The molecule has 0 atom stereocenters. The van der Waals surface area contributed by atoms with Crippen molar-refractivity contribution >= 4 is 21.7 Å². The molecule has 3 nitrogen and oxygen atoms in total. The maximum atomic E-state index is 12.0. The van der Waals surface area contributed by atoms with Gasteiger partial charge in [0.2, 0.25) is 0 Å². The fourth-order valence-electron chi connectivity index (χ4n) is 2.25. The van der Waals surface area contributed by atoms with Crippen molar-refractivity contribution in [3.63, 3.8) is 0 Å². The average molecular weight is 335 g/mol. The SMILES string of the molecule is CC(C)(C)c1[nH]nc(C(=O)CBr)c1Cc1ccccc1. The predicted molar refractivity (Wildman–Crippen MR) is 84.7 cm³/mol. The fraction of sp³-hybridized carbons (Fsp3) is 0.375. The van der Waals surface area contributed by atoms with Crippen LogP contribution >= 0.6 is 15.9 Å². The van der Waals surface area contributed by atoms with Crippen molar-refractivity contribution in [1.82, 2.24) is 10.2 Å². The number of hydrogen-bond donors (Lipinski definition) is 1. The van der Waals surface area contributed by atoms with E-state index >= 15 is 0 Å². The van der Waals surface area contributed by atoms with Gasteiger partial charge in [-0.2, -0.15) is 5.10 Å². The van der Waals surface area contributed by atoms with Gasteiger partial charge in [-0.25, -0.2) is 0 Å². The summed E-state index contributed by atoms with van der Waals surface area (Å²) in [5.41, 5.74) is 3.71. The topological polar surface area (TPSA) is 45.8 Å². The summed E-state index contributed by atoms with van der Waals surface area (Å²) >= 11 is 3.23. The van der Waals surface area contributed by atoms with Crippen LogP contribution in [0.15, 0.2) is 30.3 Å². The van der Waals surface area contributed by atoms with Crippen LogP contribution in [0, 0.1) is 0 Å². The zero-order chi connectivity index (χ0) is 14.8. The second-order valence-corrected chi connectivity index (χ2v) is 6.46. The maximum absolute atomic E-state index is 12.0. The molecule has 1 aromatic heterocycles. The second-order valence-electron chi connectivity index (χ2n) is 5.89. The van der Waals surface area contributed by atoms with E-state index in [1.54, 1.807) is 0 Å². The molecule has 0 aliphatic rings. The summed E-state index contributed by atoms with van der Waals surface area (Å²) in [6, 6.07) is 10.2. The first-order valence-electron chi connectivity index (χ1n) is 6.64. The van der Waals surface area contributed by atoms with Gasteiger partial charge in [0.1, 0.15) is 5.69 Å². The highest BCUT2D eigenvalue weighted by atomic mass is 79.9. The van der Waals surface area contributed by atoms with Crippen molar-refractivity contribution in [1.29, 1.82) is 0 Å². The number of halogens is 1. The molecule has 0 aliphatic heterocycles. The van der Waals surface area contributed by atoms with Gasteiger partial charge >= 0.3 is 0 Å². The lowest BCUT2D eigenvalue weighted by Gasteiger charge is -2.19. The molecule has 2 aromatic rings. The largest absolute Gasteiger partial charge is 0.291 e. The number of Topliss-reactive ketones (excluding diaryl/α,β-unsaturated/α-hetero) is 1. The summed E-state index contributed by atoms with van der Waals surface area (Å²) < 4.78 is 0. The molecule has 0 spiro atoms. The van der Waals surface area contributed by atoms with E-state index in [2.05, 4.69) is 59.0 Å². The second kappa shape index (κ2) is 5.92. The molecule has 0 radical (unpaired) electrons. The lowest BCUT2D eigenvalue weighted by Crippen LogP contribution is -2.15. The number of rotatable bonds is 4. The van der Waals surface area contributed by atoms with Crippen molar-refractivity contribution in [2.24, 2.45) is 0 Å². The van der Waals surface area contributed by atoms with Gasteiger partial charge in [0.05, 0.1) is 5.33 Å². The van der Waals surface area contributed by atoms with Gasteiger partial charge in [0.25, 0.3) is 0 Å². The normalized spacial score (nSPS) is 11.6. The Morgan fingerprint density at radius 3 is 2.45 bits per heavy atom. The number of alkyl halides is 1. The first-order valence-corrected chi connectivity index (χ1v) is 7.76. The lowest BCUT2D eigenvalue weighted by molar-refractivity contribution is 0.101. The number of ketones is 1. The lowest BCUT2D eigenvalue weighted by atomic mass is 9.86. The van der Waals surface area contributed by atoms with Crippen LogP contribution in [0.3, 0.4) is 0 Å². The van der Waals surface area contributed by atoms with Crippen molar-refractivity contribution in [3.05, 3.63) is 52.8 Å². The van der Waals surface area contributed by atoms with Gasteiger partial charge in [-0.1, -0.05) is 67.0 Å². The first kappa shape index (κ1) is 15.0. The molecule has 0 saturated heterocycles. The molecule has 106 valence electrons. The number of nitrogens with one attached hydrogen (secondary N) is 1. The zero-order valence-corrected chi connectivity index (χ0v) is 13.6. The van der Waals surface area contributed by atoms with E-state index in [-0.39, 0.29) is 11.2 Å². The minimum atomic E-state index is -0.0675. The van der Waals surface area contributed by atoms with E-state index in [0.717, 1.165) is 17.7 Å². The van der Waals surface area contributed by atoms with Crippen LogP contribution in [0.5, 0.6) is 0 Å². The van der Waals surface area contributed by atoms with E-state index in [0.29, 0.717) is 11.0 Å². The Bertz CT molecular complexity index is 597. The number of aromatic amines is 1. The van der Waals surface area contributed by atoms with Crippen molar-refractivity contribution in [2.75, 3.05) is 5.33 Å². The van der Waals surface area contributed by atoms with Gasteiger partial charge in [0.15, 0.2) is 5.78 Å². The maximum Gasteiger partial charge on any atom is 0.193 e. The molecule has 2 rings (SSSR count). The minimum Gasteiger partial charge on any atom is -0.291 e. The molecular weight excluding hydrogens is 316 g/mol. The minimum absolute atomic E-state index is 0.0164. The molecule has 0 fully saturated rings. The van der Waals surface area contributed by atoms with E-state index in [1.165, 1.54) is 5.56 Å². The molecule has 1 aromatic carbocycles. The first-order chi connectivity index (χ1) is 9.43. The Balaban J connectivity index is 2.47. The third kappa shape index (κ3) is 3.18. The summed E-state index contributed by atoms with van der Waals surface area (Å²) in [5.74, 6) is 0.0164. The highest BCUT2D eigenvalue weighted by molar-refractivity contribution is 9.09. The Kier molecular flexibility index (Phi) is 4.43. The number of carbonyl (C=O) groups excluding carboxylic acids is 1. The molecule has 0 aliphatic carbocycles. The molecule has 20 heavy (non-hydrogen) atoms. The number of H-pyrrole nitrogens is 1. The molecule has 1 N–H and O–H groups in total. The zero-order valence-electron chi connectivity index (χ0n) is 12.0. The van der Waals surface area contributed by atoms with Gasteiger partial charge in [-0.15, -0.1) is 0 Å². The quantitative estimate of drug-likeness (QED) is 0.681. The van der Waals surface area contributed by atoms with Crippen LogP contribution in [0.25, 0.3) is 0 Å². The van der Waals surface area contributed by atoms with Gasteiger partial charge in [0, 0.05) is 23.1 Å². The summed E-state index contributed by atoms with van der Waals surface area (Å²) in [6.45, 7) is 6.37. The molecule has 4 heteroatoms. The molecule has 0 amide bonds. The van der Waals surface area contributed by atoms with Crippen LogP contribution in [-0.2, 0) is 11.8 Å². The van der Waals surface area contributed by atoms with Gasteiger partial charge in [-0.3, -0.25) is 9.89 Å². The third-order valence-electron chi connectivity index (χ3n) is 3.23. The summed E-state index contributed by atoms with van der Waals surface area (Å²) in [6.07, 6.45) is 0.720. The Morgan fingerprint density at radius 2 is 1.90 bits per heavy atom.